The van der Waals surface area contributed by atoms with Crippen LogP contribution in [0.4, 0.5) is 0 Å². The molecular formula is C15H25N3. The van der Waals surface area contributed by atoms with Crippen molar-refractivity contribution in [3.05, 3.63) is 23.8 Å². The van der Waals surface area contributed by atoms with Gasteiger partial charge in [-0.25, -0.2) is 9.97 Å². The lowest BCUT2D eigenvalue weighted by Gasteiger charge is -2.07. The Balaban J connectivity index is 1.98. The number of aromatic nitrogens is 2. The van der Waals surface area contributed by atoms with Crippen molar-refractivity contribution in [1.29, 1.82) is 0 Å². The Hall–Kier alpha value is -0.960. The van der Waals surface area contributed by atoms with Gasteiger partial charge in [0.1, 0.15) is 5.82 Å². The third kappa shape index (κ3) is 2.72. The Kier molecular flexibility index (Phi) is 3.71. The molecule has 0 spiro atoms. The van der Waals surface area contributed by atoms with Crippen LogP contribution in [0.25, 0.3) is 0 Å². The minimum Gasteiger partial charge on any atom is -0.316 e. The lowest BCUT2D eigenvalue weighted by Crippen LogP contribution is -2.23. The Labute approximate surface area is 110 Å². The zero-order chi connectivity index (χ0) is 13.3. The molecule has 1 saturated carbocycles. The second-order valence-electron chi connectivity index (χ2n) is 6.49. The summed E-state index contributed by atoms with van der Waals surface area (Å²) in [6.07, 6.45) is 1.88. The molecule has 0 amide bonds. The van der Waals surface area contributed by atoms with Gasteiger partial charge in [-0.2, -0.15) is 0 Å². The Morgan fingerprint density at radius 3 is 2.72 bits per heavy atom. The fourth-order valence-corrected chi connectivity index (χ4v) is 2.89. The van der Waals surface area contributed by atoms with Gasteiger partial charge in [-0.05, 0) is 43.3 Å². The number of rotatable bonds is 5. The molecule has 0 aliphatic heterocycles. The number of hydrogen-bond acceptors (Lipinski definition) is 3. The average molecular weight is 247 g/mol. The monoisotopic (exact) mass is 247 g/mol. The van der Waals surface area contributed by atoms with E-state index in [2.05, 4.69) is 49.0 Å². The van der Waals surface area contributed by atoms with Gasteiger partial charge in [-0.1, -0.05) is 27.7 Å². The summed E-state index contributed by atoms with van der Waals surface area (Å²) in [5.74, 6) is 2.88. The molecule has 0 saturated heterocycles. The molecule has 1 aromatic heterocycles. The summed E-state index contributed by atoms with van der Waals surface area (Å²) in [7, 11) is 0. The summed E-state index contributed by atoms with van der Waals surface area (Å²) in [5, 5.41) is 3.57. The molecule has 0 radical (unpaired) electrons. The highest BCUT2D eigenvalue weighted by Crippen LogP contribution is 2.63. The largest absolute Gasteiger partial charge is 0.316 e. The van der Waals surface area contributed by atoms with Crippen molar-refractivity contribution in [1.82, 2.24) is 15.3 Å². The number of nitrogens with zero attached hydrogens (tertiary/aromatic N) is 2. The topological polar surface area (TPSA) is 37.8 Å². The predicted molar refractivity (Wildman–Crippen MR) is 74.5 cm³/mol. The summed E-state index contributed by atoms with van der Waals surface area (Å²) in [6, 6.07) is 2.07. The molecule has 0 bridgehead atoms. The van der Waals surface area contributed by atoms with E-state index in [9.17, 15) is 0 Å². The SMILES string of the molecule is Cc1nccc(C2C(CNCC(C)C)C2(C)C)n1. The lowest BCUT2D eigenvalue weighted by molar-refractivity contribution is 0.487. The van der Waals surface area contributed by atoms with Crippen molar-refractivity contribution in [3.63, 3.8) is 0 Å². The molecule has 1 aromatic rings. The molecule has 0 aromatic carbocycles. The first-order chi connectivity index (χ1) is 8.43. The highest BCUT2D eigenvalue weighted by Gasteiger charge is 2.58. The van der Waals surface area contributed by atoms with E-state index in [-0.39, 0.29) is 0 Å². The molecule has 18 heavy (non-hydrogen) atoms. The summed E-state index contributed by atoms with van der Waals surface area (Å²) in [5.41, 5.74) is 1.58. The van der Waals surface area contributed by atoms with Crippen LogP contribution in [0.1, 0.15) is 45.1 Å². The highest BCUT2D eigenvalue weighted by atomic mass is 14.9. The Morgan fingerprint density at radius 1 is 1.39 bits per heavy atom. The highest BCUT2D eigenvalue weighted by molar-refractivity contribution is 5.25. The van der Waals surface area contributed by atoms with Gasteiger partial charge >= 0.3 is 0 Å². The van der Waals surface area contributed by atoms with E-state index in [0.29, 0.717) is 23.2 Å². The average Bonchev–Trinajstić information content (AvgIpc) is 2.80. The molecule has 100 valence electrons. The summed E-state index contributed by atoms with van der Waals surface area (Å²) < 4.78 is 0. The van der Waals surface area contributed by atoms with Gasteiger partial charge < -0.3 is 5.32 Å². The van der Waals surface area contributed by atoms with Crippen LogP contribution in [0.5, 0.6) is 0 Å². The minimum absolute atomic E-state index is 0.366. The fourth-order valence-electron chi connectivity index (χ4n) is 2.89. The van der Waals surface area contributed by atoms with Gasteiger partial charge in [0.2, 0.25) is 0 Å². The van der Waals surface area contributed by atoms with E-state index >= 15 is 0 Å². The molecule has 1 aliphatic rings. The zero-order valence-electron chi connectivity index (χ0n) is 12.2. The van der Waals surface area contributed by atoms with E-state index in [1.54, 1.807) is 0 Å². The first kappa shape index (κ1) is 13.5. The Morgan fingerprint density at radius 2 is 2.11 bits per heavy atom. The van der Waals surface area contributed by atoms with Crippen LogP contribution in [-0.4, -0.2) is 23.1 Å². The third-order valence-corrected chi connectivity index (χ3v) is 4.08. The van der Waals surface area contributed by atoms with E-state index in [1.807, 2.05) is 13.1 Å². The molecular weight excluding hydrogens is 222 g/mol. The van der Waals surface area contributed by atoms with Gasteiger partial charge in [0.25, 0.3) is 0 Å². The molecule has 2 rings (SSSR count). The molecule has 1 aliphatic carbocycles. The smallest absolute Gasteiger partial charge is 0.125 e. The van der Waals surface area contributed by atoms with E-state index in [1.165, 1.54) is 5.69 Å². The predicted octanol–water partition coefficient (Wildman–Crippen LogP) is 2.77. The molecule has 3 heteroatoms. The van der Waals surface area contributed by atoms with Crippen molar-refractivity contribution in [2.24, 2.45) is 17.3 Å². The minimum atomic E-state index is 0.366. The summed E-state index contributed by atoms with van der Waals surface area (Å²) in [6.45, 7) is 13.3. The van der Waals surface area contributed by atoms with Crippen molar-refractivity contribution in [2.75, 3.05) is 13.1 Å². The van der Waals surface area contributed by atoms with E-state index in [0.717, 1.165) is 18.9 Å². The normalized spacial score (nSPS) is 25.4. The van der Waals surface area contributed by atoms with Crippen LogP contribution in [0, 0.1) is 24.2 Å². The second-order valence-corrected chi connectivity index (χ2v) is 6.49. The van der Waals surface area contributed by atoms with Crippen LogP contribution in [0.2, 0.25) is 0 Å². The number of aryl methyl sites for hydroxylation is 1. The van der Waals surface area contributed by atoms with Crippen molar-refractivity contribution in [2.45, 2.75) is 40.5 Å². The molecule has 1 heterocycles. The van der Waals surface area contributed by atoms with Crippen LogP contribution in [0.3, 0.4) is 0 Å². The fraction of sp³-hybridized carbons (Fsp3) is 0.733. The molecule has 1 N–H and O–H groups in total. The van der Waals surface area contributed by atoms with Gasteiger partial charge in [0.15, 0.2) is 0 Å². The first-order valence-electron chi connectivity index (χ1n) is 6.93. The molecule has 2 atom stereocenters. The van der Waals surface area contributed by atoms with E-state index < -0.39 is 0 Å². The van der Waals surface area contributed by atoms with E-state index in [4.69, 9.17) is 0 Å². The van der Waals surface area contributed by atoms with Gasteiger partial charge in [-0.3, -0.25) is 0 Å². The van der Waals surface area contributed by atoms with Crippen LogP contribution in [-0.2, 0) is 0 Å². The molecule has 3 nitrogen and oxygen atoms in total. The van der Waals surface area contributed by atoms with Crippen LogP contribution >= 0.6 is 0 Å². The quantitative estimate of drug-likeness (QED) is 0.869. The first-order valence-corrected chi connectivity index (χ1v) is 6.93. The maximum absolute atomic E-state index is 4.59. The third-order valence-electron chi connectivity index (χ3n) is 4.08. The maximum atomic E-state index is 4.59. The lowest BCUT2D eigenvalue weighted by atomic mass is 10.1. The zero-order valence-corrected chi connectivity index (χ0v) is 12.2. The van der Waals surface area contributed by atoms with Gasteiger partial charge in [0, 0.05) is 17.8 Å². The summed E-state index contributed by atoms with van der Waals surface area (Å²) in [4.78, 5) is 8.77. The van der Waals surface area contributed by atoms with Crippen molar-refractivity contribution >= 4 is 0 Å². The van der Waals surface area contributed by atoms with Crippen LogP contribution < -0.4 is 5.32 Å². The van der Waals surface area contributed by atoms with Crippen LogP contribution in [0.15, 0.2) is 12.3 Å². The second kappa shape index (κ2) is 4.96. The van der Waals surface area contributed by atoms with Crippen molar-refractivity contribution in [3.8, 4) is 0 Å². The molecule has 1 fully saturated rings. The van der Waals surface area contributed by atoms with Gasteiger partial charge in [-0.15, -0.1) is 0 Å². The van der Waals surface area contributed by atoms with Crippen molar-refractivity contribution < 1.29 is 0 Å². The standard InChI is InChI=1S/C15H25N3/c1-10(2)8-16-9-12-14(15(12,4)5)13-6-7-17-11(3)18-13/h6-7,10,12,14,16H,8-9H2,1-5H3. The number of nitrogens with one attached hydrogen (secondary N) is 1. The Bertz CT molecular complexity index is 412. The number of hydrogen-bond donors (Lipinski definition) is 1. The maximum Gasteiger partial charge on any atom is 0.125 e. The summed E-state index contributed by atoms with van der Waals surface area (Å²) >= 11 is 0. The van der Waals surface area contributed by atoms with Gasteiger partial charge in [0.05, 0.1) is 0 Å². The molecule has 2 unspecified atom stereocenters.